The van der Waals surface area contributed by atoms with Gasteiger partial charge < -0.3 is 19.2 Å². The Kier molecular flexibility index (Phi) is 6.23. The molecule has 0 spiro atoms. The Morgan fingerprint density at radius 2 is 2.19 bits per heavy atom. The van der Waals surface area contributed by atoms with Crippen molar-refractivity contribution in [2.45, 2.75) is 12.5 Å². The minimum Gasteiger partial charge on any atom is -0.489 e. The van der Waals surface area contributed by atoms with Crippen molar-refractivity contribution in [3.05, 3.63) is 62.3 Å². The summed E-state index contributed by atoms with van der Waals surface area (Å²) in [4.78, 5) is 31.5. The number of aromatic nitrogens is 2. The summed E-state index contributed by atoms with van der Waals surface area (Å²) in [6, 6.07) is 2.50. The number of nitro groups is 1. The monoisotopic (exact) mass is 432 g/mol. The molecular formula is C20H21FN4O6. The average molecular weight is 432 g/mol. The molecule has 0 radical (unpaired) electrons. The van der Waals surface area contributed by atoms with Crippen molar-refractivity contribution < 1.29 is 23.5 Å². The molecule has 0 saturated carbocycles. The second-order valence-electron chi connectivity index (χ2n) is 7.10. The molecule has 2 aromatic rings. The predicted molar refractivity (Wildman–Crippen MR) is 109 cm³/mol. The first kappa shape index (κ1) is 20.9. The molecule has 11 heteroatoms. The van der Waals surface area contributed by atoms with Gasteiger partial charge in [0.1, 0.15) is 23.5 Å². The third-order valence-electron chi connectivity index (χ3n) is 4.99. The van der Waals surface area contributed by atoms with Crippen molar-refractivity contribution in [1.29, 1.82) is 0 Å². The lowest BCUT2D eigenvalue weighted by Crippen LogP contribution is -2.38. The number of benzene rings is 1. The third kappa shape index (κ3) is 5.06. The van der Waals surface area contributed by atoms with Gasteiger partial charge in [0, 0.05) is 38.2 Å². The summed E-state index contributed by atoms with van der Waals surface area (Å²) in [5.41, 5.74) is -0.220. The zero-order valence-corrected chi connectivity index (χ0v) is 16.6. The normalized spacial score (nSPS) is 19.5. The van der Waals surface area contributed by atoms with Crippen molar-refractivity contribution in [3.63, 3.8) is 0 Å². The number of halogens is 1. The van der Waals surface area contributed by atoms with Gasteiger partial charge >= 0.3 is 5.88 Å². The van der Waals surface area contributed by atoms with Crippen molar-refractivity contribution >= 4 is 17.0 Å². The Labute approximate surface area is 176 Å². The molecular weight excluding hydrogens is 411 g/mol. The number of fused-ring (bicyclic) bond motifs is 1. The van der Waals surface area contributed by atoms with Crippen LogP contribution in [0, 0.1) is 15.9 Å². The zero-order valence-electron chi connectivity index (χ0n) is 16.6. The van der Waals surface area contributed by atoms with E-state index in [0.717, 1.165) is 19.2 Å². The van der Waals surface area contributed by atoms with Crippen LogP contribution < -0.4 is 10.3 Å². The van der Waals surface area contributed by atoms with Crippen LogP contribution in [0.5, 0.6) is 5.75 Å². The zero-order chi connectivity index (χ0) is 21.8. The average Bonchev–Trinajstić information content (AvgIpc) is 3.24. The van der Waals surface area contributed by atoms with Gasteiger partial charge in [-0.25, -0.2) is 9.37 Å². The molecule has 0 bridgehead atoms. The Morgan fingerprint density at radius 1 is 1.39 bits per heavy atom. The third-order valence-corrected chi connectivity index (χ3v) is 4.99. The summed E-state index contributed by atoms with van der Waals surface area (Å²) >= 11 is 0. The van der Waals surface area contributed by atoms with Crippen molar-refractivity contribution in [1.82, 2.24) is 14.9 Å². The van der Waals surface area contributed by atoms with Crippen LogP contribution in [0.3, 0.4) is 0 Å². The number of hydrogen-bond donors (Lipinski definition) is 1. The fourth-order valence-electron chi connectivity index (χ4n) is 3.36. The van der Waals surface area contributed by atoms with Crippen LogP contribution in [-0.4, -0.2) is 65.4 Å². The Hall–Kier alpha value is -3.31. The van der Waals surface area contributed by atoms with Crippen LogP contribution in [0.25, 0.3) is 17.0 Å². The Balaban J connectivity index is 1.46. The van der Waals surface area contributed by atoms with E-state index in [-0.39, 0.29) is 28.4 Å². The van der Waals surface area contributed by atoms with Gasteiger partial charge in [0.15, 0.2) is 11.6 Å². The van der Waals surface area contributed by atoms with E-state index in [1.54, 1.807) is 6.08 Å². The minimum atomic E-state index is -0.636. The SMILES string of the molecule is O=c1[nH]c(/C=C/C2CC=C([N+](=O)[O-])O2)nc2cc(OCCN3CCOCC3)c(F)cc12. The molecule has 31 heavy (non-hydrogen) atoms. The van der Waals surface area contributed by atoms with E-state index in [1.807, 2.05) is 0 Å². The van der Waals surface area contributed by atoms with Crippen molar-refractivity contribution in [2.24, 2.45) is 0 Å². The Bertz CT molecular complexity index is 1090. The molecule has 1 unspecified atom stereocenters. The molecule has 2 aliphatic heterocycles. The molecule has 0 amide bonds. The predicted octanol–water partition coefficient (Wildman–Crippen LogP) is 1.69. The van der Waals surface area contributed by atoms with E-state index >= 15 is 0 Å². The minimum absolute atomic E-state index is 0.0211. The maximum absolute atomic E-state index is 14.4. The van der Waals surface area contributed by atoms with Crippen LogP contribution in [0.15, 0.2) is 35.0 Å². The second-order valence-corrected chi connectivity index (χ2v) is 7.10. The number of morpholine rings is 1. The summed E-state index contributed by atoms with van der Waals surface area (Å²) < 4.78 is 30.4. The highest BCUT2D eigenvalue weighted by molar-refractivity contribution is 5.80. The largest absolute Gasteiger partial charge is 0.489 e. The number of hydrogen-bond acceptors (Lipinski definition) is 8. The lowest BCUT2D eigenvalue weighted by Gasteiger charge is -2.26. The van der Waals surface area contributed by atoms with Crippen LogP contribution in [-0.2, 0) is 9.47 Å². The van der Waals surface area contributed by atoms with Gasteiger partial charge in [0.25, 0.3) is 5.56 Å². The maximum atomic E-state index is 14.4. The first-order valence-corrected chi connectivity index (χ1v) is 9.85. The number of ether oxygens (including phenoxy) is 3. The first-order chi connectivity index (χ1) is 15.0. The van der Waals surface area contributed by atoms with Gasteiger partial charge in [-0.2, -0.15) is 0 Å². The maximum Gasteiger partial charge on any atom is 0.424 e. The van der Waals surface area contributed by atoms with Gasteiger partial charge in [-0.1, -0.05) is 0 Å². The van der Waals surface area contributed by atoms with E-state index in [4.69, 9.17) is 14.2 Å². The molecule has 164 valence electrons. The number of nitrogens with one attached hydrogen (secondary N) is 1. The summed E-state index contributed by atoms with van der Waals surface area (Å²) in [7, 11) is 0. The molecule has 1 fully saturated rings. The summed E-state index contributed by atoms with van der Waals surface area (Å²) in [5.74, 6) is -0.693. The smallest absolute Gasteiger partial charge is 0.424 e. The molecule has 3 heterocycles. The van der Waals surface area contributed by atoms with E-state index in [9.17, 15) is 19.3 Å². The molecule has 1 N–H and O–H groups in total. The summed E-state index contributed by atoms with van der Waals surface area (Å²) in [5, 5.41) is 10.8. The van der Waals surface area contributed by atoms with Crippen LogP contribution in [0.4, 0.5) is 4.39 Å². The van der Waals surface area contributed by atoms with Gasteiger partial charge in [0.05, 0.1) is 24.1 Å². The van der Waals surface area contributed by atoms with Crippen LogP contribution in [0.2, 0.25) is 0 Å². The fraction of sp³-hybridized carbons (Fsp3) is 0.400. The lowest BCUT2D eigenvalue weighted by molar-refractivity contribution is -0.462. The number of nitrogens with zero attached hydrogens (tertiary/aromatic N) is 3. The van der Waals surface area contributed by atoms with Gasteiger partial charge in [-0.15, -0.1) is 0 Å². The molecule has 0 aliphatic carbocycles. The molecule has 2 aliphatic rings. The van der Waals surface area contributed by atoms with E-state index in [0.29, 0.717) is 32.8 Å². The van der Waals surface area contributed by atoms with Crippen molar-refractivity contribution in [2.75, 3.05) is 39.5 Å². The summed E-state index contributed by atoms with van der Waals surface area (Å²) in [6.45, 7) is 3.88. The first-order valence-electron chi connectivity index (χ1n) is 9.85. The van der Waals surface area contributed by atoms with E-state index in [2.05, 4.69) is 14.9 Å². The molecule has 10 nitrogen and oxygen atoms in total. The fourth-order valence-corrected chi connectivity index (χ4v) is 3.36. The van der Waals surface area contributed by atoms with E-state index in [1.165, 1.54) is 18.2 Å². The Morgan fingerprint density at radius 3 is 2.94 bits per heavy atom. The van der Waals surface area contributed by atoms with Gasteiger partial charge in [-0.3, -0.25) is 19.8 Å². The molecule has 4 rings (SSSR count). The second kappa shape index (κ2) is 9.23. The highest BCUT2D eigenvalue weighted by atomic mass is 19.1. The lowest BCUT2D eigenvalue weighted by atomic mass is 10.2. The number of aromatic amines is 1. The molecule has 1 saturated heterocycles. The standard InChI is InChI=1S/C20H21FN4O6/c21-15-11-14-16(12-17(15)30-10-7-24-5-8-29-9-6-24)22-18(23-20(14)26)3-1-13-2-4-19(31-13)25(27)28/h1,3-4,11-13H,2,5-10H2,(H,22,23,26)/b3-1+. The molecule has 1 aromatic heterocycles. The molecule has 1 atom stereocenters. The van der Waals surface area contributed by atoms with Crippen molar-refractivity contribution in [3.8, 4) is 5.75 Å². The highest BCUT2D eigenvalue weighted by Crippen LogP contribution is 2.23. The molecule has 1 aromatic carbocycles. The van der Waals surface area contributed by atoms with Gasteiger partial charge in [0.2, 0.25) is 0 Å². The topological polar surface area (TPSA) is 120 Å². The highest BCUT2D eigenvalue weighted by Gasteiger charge is 2.24. The van der Waals surface area contributed by atoms with Crippen LogP contribution in [0.1, 0.15) is 12.2 Å². The number of rotatable bonds is 7. The number of H-pyrrole nitrogens is 1. The van der Waals surface area contributed by atoms with E-state index < -0.39 is 22.4 Å². The van der Waals surface area contributed by atoms with Crippen LogP contribution >= 0.6 is 0 Å². The van der Waals surface area contributed by atoms with Gasteiger partial charge in [-0.05, 0) is 18.2 Å². The summed E-state index contributed by atoms with van der Waals surface area (Å²) in [6.07, 6.45) is 4.28. The quantitative estimate of drug-likeness (QED) is 0.519.